The molecule has 0 aliphatic carbocycles. The summed E-state index contributed by atoms with van der Waals surface area (Å²) in [5, 5.41) is 3.48. The van der Waals surface area contributed by atoms with Crippen LogP contribution in [0.25, 0.3) is 0 Å². The maximum absolute atomic E-state index is 13.7. The van der Waals surface area contributed by atoms with Crippen molar-refractivity contribution in [3.63, 3.8) is 0 Å². The predicted molar refractivity (Wildman–Crippen MR) is 169 cm³/mol. The average molecular weight is 613 g/mol. The second kappa shape index (κ2) is 13.6. The summed E-state index contributed by atoms with van der Waals surface area (Å²) < 4.78 is 31.8. The number of carbonyl (C=O) groups excluding carboxylic acids is 1. The van der Waals surface area contributed by atoms with Gasteiger partial charge in [0.1, 0.15) is 17.3 Å². The van der Waals surface area contributed by atoms with Crippen molar-refractivity contribution in [3.8, 4) is 0 Å². The quantitative estimate of drug-likeness (QED) is 0.475. The molecular weight excluding hydrogens is 564 g/mol. The SMILES string of the molecule is Cc1ccc(C2CCCC(CNc3nc(C)nc(C(=O)N4CCC(N5CCC(N(C)S(C)(=O)=O)CC5)CC4)c3C)O2)cc1. The van der Waals surface area contributed by atoms with Gasteiger partial charge in [0, 0.05) is 44.3 Å². The number of carbonyl (C=O) groups is 1. The monoisotopic (exact) mass is 612 g/mol. The van der Waals surface area contributed by atoms with Crippen molar-refractivity contribution in [3.05, 3.63) is 52.5 Å². The van der Waals surface area contributed by atoms with E-state index in [1.165, 1.54) is 21.7 Å². The number of hydrogen-bond donors (Lipinski definition) is 1. The largest absolute Gasteiger partial charge is 0.368 e. The van der Waals surface area contributed by atoms with Crippen molar-refractivity contribution < 1.29 is 17.9 Å². The number of ether oxygens (including phenoxy) is 1. The second-order valence-corrected chi connectivity index (χ2v) is 14.7. The summed E-state index contributed by atoms with van der Waals surface area (Å²) in [6.45, 7) is 9.65. The highest BCUT2D eigenvalue weighted by atomic mass is 32.2. The molecule has 4 heterocycles. The first-order valence-electron chi connectivity index (χ1n) is 15.8. The molecule has 11 heteroatoms. The number of sulfonamides is 1. The topological polar surface area (TPSA) is 108 Å². The second-order valence-electron chi connectivity index (χ2n) is 12.6. The molecule has 1 amide bonds. The standard InChI is InChI=1S/C32H48N6O4S/c1-22-9-11-25(12-10-22)29-8-6-7-28(42-29)21-33-31-23(2)30(34-24(3)35-31)32(39)38-19-15-27(16-20-38)37-17-13-26(14-18-37)36(4)43(5,40)41/h9-12,26-29H,6-8,13-21H2,1-5H3,(H,33,34,35). The fraction of sp³-hybridized carbons (Fsp3) is 0.656. The highest BCUT2D eigenvalue weighted by molar-refractivity contribution is 7.88. The summed E-state index contributed by atoms with van der Waals surface area (Å²) in [5.74, 6) is 1.25. The van der Waals surface area contributed by atoms with Gasteiger partial charge in [-0.15, -0.1) is 0 Å². The third-order valence-electron chi connectivity index (χ3n) is 9.56. The van der Waals surface area contributed by atoms with Crippen LogP contribution in [0.4, 0.5) is 5.82 Å². The van der Waals surface area contributed by atoms with Crippen molar-refractivity contribution in [1.82, 2.24) is 24.1 Å². The molecule has 2 aromatic rings. The van der Waals surface area contributed by atoms with Crippen LogP contribution in [0.5, 0.6) is 0 Å². The number of aryl methyl sites for hydroxylation is 2. The zero-order valence-corrected chi connectivity index (χ0v) is 27.2. The number of rotatable bonds is 8. The lowest BCUT2D eigenvalue weighted by molar-refractivity contribution is -0.0442. The molecule has 1 aromatic carbocycles. The van der Waals surface area contributed by atoms with Crippen LogP contribution in [0.2, 0.25) is 0 Å². The maximum Gasteiger partial charge on any atom is 0.272 e. The molecule has 1 aromatic heterocycles. The van der Waals surface area contributed by atoms with E-state index >= 15 is 0 Å². The summed E-state index contributed by atoms with van der Waals surface area (Å²) >= 11 is 0. The average Bonchev–Trinajstić information content (AvgIpc) is 3.01. The van der Waals surface area contributed by atoms with Crippen LogP contribution < -0.4 is 5.32 Å². The van der Waals surface area contributed by atoms with E-state index in [-0.39, 0.29) is 24.2 Å². The van der Waals surface area contributed by atoms with Gasteiger partial charge in [-0.3, -0.25) is 4.79 Å². The zero-order valence-electron chi connectivity index (χ0n) is 26.4. The van der Waals surface area contributed by atoms with E-state index in [4.69, 9.17) is 4.74 Å². The van der Waals surface area contributed by atoms with Crippen LogP contribution in [0.1, 0.15) is 84.1 Å². The van der Waals surface area contributed by atoms with Crippen LogP contribution in [-0.4, -0.2) is 103 Å². The highest BCUT2D eigenvalue weighted by Gasteiger charge is 2.33. The Morgan fingerprint density at radius 2 is 1.65 bits per heavy atom. The van der Waals surface area contributed by atoms with Crippen LogP contribution >= 0.6 is 0 Å². The molecule has 3 aliphatic heterocycles. The molecule has 3 aliphatic rings. The van der Waals surface area contributed by atoms with E-state index in [1.807, 2.05) is 18.7 Å². The van der Waals surface area contributed by atoms with Gasteiger partial charge >= 0.3 is 0 Å². The summed E-state index contributed by atoms with van der Waals surface area (Å²) in [6, 6.07) is 9.09. The lowest BCUT2D eigenvalue weighted by Crippen LogP contribution is -2.52. The first-order valence-corrected chi connectivity index (χ1v) is 17.6. The molecule has 43 heavy (non-hydrogen) atoms. The summed E-state index contributed by atoms with van der Waals surface area (Å²) in [7, 11) is -1.49. The number of hydrogen-bond acceptors (Lipinski definition) is 8. The molecule has 2 unspecified atom stereocenters. The van der Waals surface area contributed by atoms with Gasteiger partial charge in [-0.1, -0.05) is 29.8 Å². The number of aromatic nitrogens is 2. The van der Waals surface area contributed by atoms with Crippen molar-refractivity contribution in [2.45, 2.75) is 90.0 Å². The Hall–Kier alpha value is -2.60. The van der Waals surface area contributed by atoms with E-state index in [2.05, 4.69) is 51.4 Å². The van der Waals surface area contributed by atoms with Crippen molar-refractivity contribution in [2.75, 3.05) is 51.3 Å². The van der Waals surface area contributed by atoms with E-state index in [9.17, 15) is 13.2 Å². The van der Waals surface area contributed by atoms with Gasteiger partial charge in [0.2, 0.25) is 10.0 Å². The highest BCUT2D eigenvalue weighted by Crippen LogP contribution is 2.32. The Kier molecular flexibility index (Phi) is 10.0. The van der Waals surface area contributed by atoms with Crippen LogP contribution in [0.15, 0.2) is 24.3 Å². The Morgan fingerprint density at radius 3 is 2.30 bits per heavy atom. The predicted octanol–water partition coefficient (Wildman–Crippen LogP) is 4.08. The number of nitrogens with zero attached hydrogens (tertiary/aromatic N) is 5. The number of likely N-dealkylation sites (tertiary alicyclic amines) is 2. The van der Waals surface area contributed by atoms with Crippen LogP contribution in [-0.2, 0) is 14.8 Å². The van der Waals surface area contributed by atoms with E-state index < -0.39 is 10.0 Å². The summed E-state index contributed by atoms with van der Waals surface area (Å²) in [6.07, 6.45) is 8.10. The van der Waals surface area contributed by atoms with Gasteiger partial charge in [0.05, 0.1) is 18.5 Å². The lowest BCUT2D eigenvalue weighted by atomic mass is 9.97. The molecule has 10 nitrogen and oxygen atoms in total. The normalized spacial score (nSPS) is 23.1. The minimum absolute atomic E-state index is 0.0358. The number of piperidine rings is 2. The molecule has 236 valence electrons. The summed E-state index contributed by atoms with van der Waals surface area (Å²) in [5.41, 5.74) is 3.73. The van der Waals surface area contributed by atoms with Gasteiger partial charge in [-0.05, 0) is 84.4 Å². The number of amides is 1. The molecule has 3 fully saturated rings. The molecule has 1 N–H and O–H groups in total. The number of anilines is 1. The van der Waals surface area contributed by atoms with E-state index in [0.717, 1.165) is 63.6 Å². The van der Waals surface area contributed by atoms with E-state index in [0.29, 0.717) is 43.0 Å². The first-order chi connectivity index (χ1) is 20.5. The molecule has 5 rings (SSSR count). The molecule has 0 spiro atoms. The third-order valence-corrected chi connectivity index (χ3v) is 10.9. The molecular formula is C32H48N6O4S. The Balaban J connectivity index is 1.14. The number of benzene rings is 1. The fourth-order valence-electron chi connectivity index (χ4n) is 6.76. The Morgan fingerprint density at radius 1 is 0.977 bits per heavy atom. The van der Waals surface area contributed by atoms with E-state index in [1.54, 1.807) is 7.05 Å². The van der Waals surface area contributed by atoms with Crippen molar-refractivity contribution >= 4 is 21.7 Å². The van der Waals surface area contributed by atoms with Crippen molar-refractivity contribution in [1.29, 1.82) is 0 Å². The van der Waals surface area contributed by atoms with Crippen molar-refractivity contribution in [2.24, 2.45) is 0 Å². The molecule has 0 saturated carbocycles. The molecule has 3 saturated heterocycles. The van der Waals surface area contributed by atoms with Crippen LogP contribution in [0, 0.1) is 20.8 Å². The first kappa shape index (κ1) is 31.8. The smallest absolute Gasteiger partial charge is 0.272 e. The lowest BCUT2D eigenvalue weighted by Gasteiger charge is -2.43. The zero-order chi connectivity index (χ0) is 30.7. The summed E-state index contributed by atoms with van der Waals surface area (Å²) in [4.78, 5) is 27.3. The Labute approximate surface area is 257 Å². The fourth-order valence-corrected chi connectivity index (χ4v) is 7.52. The number of nitrogens with one attached hydrogen (secondary N) is 1. The minimum atomic E-state index is -3.17. The van der Waals surface area contributed by atoms with Gasteiger partial charge < -0.3 is 19.9 Å². The minimum Gasteiger partial charge on any atom is -0.368 e. The van der Waals surface area contributed by atoms with Gasteiger partial charge in [0.25, 0.3) is 5.91 Å². The van der Waals surface area contributed by atoms with Crippen LogP contribution in [0.3, 0.4) is 0 Å². The molecule has 0 radical (unpaired) electrons. The molecule has 0 bridgehead atoms. The van der Waals surface area contributed by atoms with Gasteiger partial charge in [-0.2, -0.15) is 0 Å². The van der Waals surface area contributed by atoms with Gasteiger partial charge in [-0.25, -0.2) is 22.7 Å². The Bertz CT molecular complexity index is 1370. The third kappa shape index (κ3) is 7.74. The van der Waals surface area contributed by atoms with Gasteiger partial charge in [0.15, 0.2) is 0 Å². The maximum atomic E-state index is 13.7. The molecule has 2 atom stereocenters.